The van der Waals surface area contributed by atoms with Gasteiger partial charge < -0.3 is 29.7 Å². The molecule has 1 atom stereocenters. The van der Waals surface area contributed by atoms with E-state index in [4.69, 9.17) is 14.2 Å². The third-order valence-corrected chi connectivity index (χ3v) is 6.14. The maximum atomic E-state index is 13.0. The Morgan fingerprint density at radius 2 is 1.63 bits per heavy atom. The van der Waals surface area contributed by atoms with Gasteiger partial charge >= 0.3 is 0 Å². The number of hydrogen-bond donors (Lipinski definition) is 2. The number of nitrogens with one attached hydrogen (secondary N) is 2. The van der Waals surface area contributed by atoms with Crippen LogP contribution in [0.4, 0.5) is 0 Å². The van der Waals surface area contributed by atoms with E-state index in [-0.39, 0.29) is 23.6 Å². The molecule has 3 amide bonds. The Labute approximate surface area is 205 Å². The number of amides is 3. The second-order valence-corrected chi connectivity index (χ2v) is 8.33. The molecule has 0 saturated carbocycles. The van der Waals surface area contributed by atoms with Crippen molar-refractivity contribution in [3.8, 4) is 11.5 Å². The molecule has 9 nitrogen and oxygen atoms in total. The maximum Gasteiger partial charge on any atom is 0.253 e. The van der Waals surface area contributed by atoms with Crippen molar-refractivity contribution in [2.45, 2.75) is 18.9 Å². The quantitative estimate of drug-likeness (QED) is 0.502. The van der Waals surface area contributed by atoms with Crippen molar-refractivity contribution in [1.29, 1.82) is 0 Å². The van der Waals surface area contributed by atoms with Gasteiger partial charge in [0.1, 0.15) is 17.5 Å². The molecule has 2 aromatic carbocycles. The van der Waals surface area contributed by atoms with E-state index in [9.17, 15) is 14.4 Å². The molecule has 1 aliphatic heterocycles. The third-order valence-electron chi connectivity index (χ3n) is 6.14. The Hall–Kier alpha value is -3.59. The van der Waals surface area contributed by atoms with E-state index in [1.165, 1.54) is 7.11 Å². The van der Waals surface area contributed by atoms with Gasteiger partial charge in [-0.15, -0.1) is 0 Å². The minimum Gasteiger partial charge on any atom is -0.497 e. The summed E-state index contributed by atoms with van der Waals surface area (Å²) in [5.41, 5.74) is 0.996. The topological polar surface area (TPSA) is 106 Å². The van der Waals surface area contributed by atoms with E-state index in [0.29, 0.717) is 61.7 Å². The van der Waals surface area contributed by atoms with Crippen LogP contribution in [0.1, 0.15) is 33.6 Å². The average molecular weight is 484 g/mol. The van der Waals surface area contributed by atoms with E-state index in [1.807, 2.05) is 0 Å². The Bertz CT molecular complexity index is 1000. The molecule has 9 heteroatoms. The highest BCUT2D eigenvalue weighted by molar-refractivity contribution is 5.98. The molecule has 0 bridgehead atoms. The first-order valence-corrected chi connectivity index (χ1v) is 11.6. The number of hydrogen-bond acceptors (Lipinski definition) is 6. The average Bonchev–Trinajstić information content (AvgIpc) is 2.91. The van der Waals surface area contributed by atoms with Gasteiger partial charge in [-0.1, -0.05) is 6.07 Å². The summed E-state index contributed by atoms with van der Waals surface area (Å²) in [7, 11) is 4.67. The summed E-state index contributed by atoms with van der Waals surface area (Å²) in [6.07, 6.45) is 1.17. The molecule has 0 aromatic heterocycles. The minimum atomic E-state index is -0.733. The summed E-state index contributed by atoms with van der Waals surface area (Å²) in [4.78, 5) is 40.7. The number of benzene rings is 2. The smallest absolute Gasteiger partial charge is 0.253 e. The number of carbonyl (C=O) groups excluding carboxylic acids is 3. The molecule has 1 fully saturated rings. The fraction of sp³-hybridized carbons (Fsp3) is 0.423. The molecular formula is C26H33N3O6. The zero-order valence-electron chi connectivity index (χ0n) is 20.4. The second kappa shape index (κ2) is 12.8. The largest absolute Gasteiger partial charge is 0.497 e. The second-order valence-electron chi connectivity index (χ2n) is 8.33. The van der Waals surface area contributed by atoms with Gasteiger partial charge in [-0.25, -0.2) is 0 Å². The highest BCUT2D eigenvalue weighted by atomic mass is 16.5. The summed E-state index contributed by atoms with van der Waals surface area (Å²) < 4.78 is 15.4. The van der Waals surface area contributed by atoms with Gasteiger partial charge in [-0.05, 0) is 61.2 Å². The van der Waals surface area contributed by atoms with Gasteiger partial charge in [0.15, 0.2) is 0 Å². The highest BCUT2D eigenvalue weighted by Crippen LogP contribution is 2.24. The Morgan fingerprint density at radius 1 is 0.943 bits per heavy atom. The van der Waals surface area contributed by atoms with E-state index in [1.54, 1.807) is 67.7 Å². The number of methoxy groups -OCH3 is 3. The highest BCUT2D eigenvalue weighted by Gasteiger charge is 2.34. The first-order chi connectivity index (χ1) is 17.0. The molecule has 1 unspecified atom stereocenters. The summed E-state index contributed by atoms with van der Waals surface area (Å²) in [6.45, 7) is 1.70. The van der Waals surface area contributed by atoms with Gasteiger partial charge in [0.25, 0.3) is 11.8 Å². The maximum absolute atomic E-state index is 13.0. The summed E-state index contributed by atoms with van der Waals surface area (Å²) >= 11 is 0. The fourth-order valence-corrected chi connectivity index (χ4v) is 4.12. The standard InChI is InChI=1S/C26H33N3O6/c1-33-16-13-27-25(31)23(28-24(30)20-5-4-6-22(17-20)35-3)18-11-14-29(15-12-18)26(32)19-7-9-21(34-2)10-8-19/h4-10,17-18,23H,11-16H2,1-3H3,(H,27,31)(H,28,30). The zero-order valence-corrected chi connectivity index (χ0v) is 20.4. The molecule has 2 aromatic rings. The molecule has 3 rings (SSSR count). The number of rotatable bonds is 10. The van der Waals surface area contributed by atoms with Crippen LogP contribution in [0.2, 0.25) is 0 Å². The lowest BCUT2D eigenvalue weighted by molar-refractivity contribution is -0.124. The predicted octanol–water partition coefficient (Wildman–Crippen LogP) is 2.12. The molecule has 1 aliphatic rings. The van der Waals surface area contributed by atoms with Crippen LogP contribution in [0.15, 0.2) is 48.5 Å². The number of ether oxygens (including phenoxy) is 3. The normalized spacial score (nSPS) is 14.7. The molecule has 1 saturated heterocycles. The van der Waals surface area contributed by atoms with Crippen molar-refractivity contribution in [2.24, 2.45) is 5.92 Å². The molecule has 0 spiro atoms. The van der Waals surface area contributed by atoms with Crippen LogP contribution in [0.5, 0.6) is 11.5 Å². The van der Waals surface area contributed by atoms with Gasteiger partial charge in [0.2, 0.25) is 5.91 Å². The van der Waals surface area contributed by atoms with Crippen LogP contribution in [-0.2, 0) is 9.53 Å². The van der Waals surface area contributed by atoms with Gasteiger partial charge in [-0.3, -0.25) is 14.4 Å². The molecule has 0 aliphatic carbocycles. The van der Waals surface area contributed by atoms with Crippen molar-refractivity contribution in [3.63, 3.8) is 0 Å². The van der Waals surface area contributed by atoms with Crippen molar-refractivity contribution < 1.29 is 28.6 Å². The van der Waals surface area contributed by atoms with Crippen LogP contribution < -0.4 is 20.1 Å². The number of nitrogens with zero attached hydrogens (tertiary/aromatic N) is 1. The van der Waals surface area contributed by atoms with Gasteiger partial charge in [0.05, 0.1) is 20.8 Å². The van der Waals surface area contributed by atoms with Crippen molar-refractivity contribution >= 4 is 17.7 Å². The summed E-state index contributed by atoms with van der Waals surface area (Å²) in [5.74, 6) is 0.448. The van der Waals surface area contributed by atoms with Gasteiger partial charge in [-0.2, -0.15) is 0 Å². The Kier molecular flexibility index (Phi) is 9.48. The molecule has 35 heavy (non-hydrogen) atoms. The molecule has 188 valence electrons. The first-order valence-electron chi connectivity index (χ1n) is 11.6. The molecular weight excluding hydrogens is 450 g/mol. The lowest BCUT2D eigenvalue weighted by Gasteiger charge is -2.36. The van der Waals surface area contributed by atoms with Gasteiger partial charge in [0, 0.05) is 37.9 Å². The molecule has 2 N–H and O–H groups in total. The van der Waals surface area contributed by atoms with Crippen molar-refractivity contribution in [3.05, 3.63) is 59.7 Å². The monoisotopic (exact) mass is 483 g/mol. The number of piperidine rings is 1. The van der Waals surface area contributed by atoms with E-state index < -0.39 is 6.04 Å². The van der Waals surface area contributed by atoms with Crippen LogP contribution in [0.3, 0.4) is 0 Å². The van der Waals surface area contributed by atoms with Crippen molar-refractivity contribution in [1.82, 2.24) is 15.5 Å². The molecule has 0 radical (unpaired) electrons. The zero-order chi connectivity index (χ0) is 25.2. The van der Waals surface area contributed by atoms with E-state index in [2.05, 4.69) is 10.6 Å². The SMILES string of the molecule is COCCNC(=O)C(NC(=O)c1cccc(OC)c1)C1CCN(C(=O)c2ccc(OC)cc2)CC1. The molecule has 1 heterocycles. The predicted molar refractivity (Wildman–Crippen MR) is 131 cm³/mol. The van der Waals surface area contributed by atoms with Crippen molar-refractivity contribution in [2.75, 3.05) is 47.6 Å². The van der Waals surface area contributed by atoms with Crippen LogP contribution in [0.25, 0.3) is 0 Å². The Morgan fingerprint density at radius 3 is 2.26 bits per heavy atom. The van der Waals surface area contributed by atoms with E-state index >= 15 is 0 Å². The third kappa shape index (κ3) is 6.95. The van der Waals surface area contributed by atoms with Crippen LogP contribution >= 0.6 is 0 Å². The lowest BCUT2D eigenvalue weighted by Crippen LogP contribution is -2.54. The van der Waals surface area contributed by atoms with E-state index in [0.717, 1.165) is 0 Å². The number of carbonyl (C=O) groups is 3. The Balaban J connectivity index is 1.67. The van der Waals surface area contributed by atoms with Crippen LogP contribution in [0, 0.1) is 5.92 Å². The number of likely N-dealkylation sites (tertiary alicyclic amines) is 1. The minimum absolute atomic E-state index is 0.0624. The lowest BCUT2D eigenvalue weighted by atomic mass is 9.88. The first kappa shape index (κ1) is 26.0. The summed E-state index contributed by atoms with van der Waals surface area (Å²) in [5, 5.41) is 5.74. The summed E-state index contributed by atoms with van der Waals surface area (Å²) in [6, 6.07) is 13.1. The van der Waals surface area contributed by atoms with Crippen LogP contribution in [-0.4, -0.2) is 76.2 Å². The fourth-order valence-electron chi connectivity index (χ4n) is 4.12.